The summed E-state index contributed by atoms with van der Waals surface area (Å²) in [5.41, 5.74) is 0. The normalized spacial score (nSPS) is 30.8. The van der Waals surface area contributed by atoms with E-state index < -0.39 is 67.3 Å². The van der Waals surface area contributed by atoms with Crippen molar-refractivity contribution in [3.05, 3.63) is 0 Å². The number of sulfone groups is 1. The molecule has 0 spiro atoms. The summed E-state index contributed by atoms with van der Waals surface area (Å²) < 4.78 is 126. The van der Waals surface area contributed by atoms with Gasteiger partial charge < -0.3 is 0 Å². The Kier molecular flexibility index (Phi) is 5.21. The van der Waals surface area contributed by atoms with Gasteiger partial charge in [0.2, 0.25) is 0 Å². The first-order valence-corrected chi connectivity index (χ1v) is 11.3. The standard InChI is InChI=1S/C13H18F6O5S2/c1-25(20,21)11(12(14,15)16,13(17,18)19)6-9-4-8-3-7(9)5-10(8)24-26(2,22)23/h7-10H,3-6H2,1-2H3. The average Bonchev–Trinajstić information content (AvgIpc) is 2.87. The molecule has 0 aromatic rings. The third kappa shape index (κ3) is 3.71. The SMILES string of the molecule is CS(=O)(=O)OC1CC2CC1CC2CC(C(F)(F)F)(C(F)(F)F)S(C)(=O)=O. The topological polar surface area (TPSA) is 77.5 Å². The average molecular weight is 432 g/mol. The molecule has 2 aliphatic rings. The van der Waals surface area contributed by atoms with Gasteiger partial charge in [-0.1, -0.05) is 0 Å². The molecule has 2 rings (SSSR count). The minimum absolute atomic E-state index is 0.0159. The van der Waals surface area contributed by atoms with E-state index in [2.05, 4.69) is 0 Å². The summed E-state index contributed by atoms with van der Waals surface area (Å²) in [6.07, 6.45) is -13.7. The monoisotopic (exact) mass is 432 g/mol. The van der Waals surface area contributed by atoms with Gasteiger partial charge in [0.05, 0.1) is 12.4 Å². The minimum atomic E-state index is -6.02. The van der Waals surface area contributed by atoms with Crippen LogP contribution in [-0.2, 0) is 24.1 Å². The van der Waals surface area contributed by atoms with Gasteiger partial charge in [-0.3, -0.25) is 4.18 Å². The third-order valence-electron chi connectivity index (χ3n) is 5.34. The summed E-state index contributed by atoms with van der Waals surface area (Å²) >= 11 is 0. The predicted molar refractivity (Wildman–Crippen MR) is 78.3 cm³/mol. The molecule has 2 saturated carbocycles. The zero-order chi connectivity index (χ0) is 20.3. The summed E-state index contributed by atoms with van der Waals surface area (Å²) in [7, 11) is -9.37. The van der Waals surface area contributed by atoms with Crippen LogP contribution in [0.15, 0.2) is 0 Å². The molecule has 13 heteroatoms. The zero-order valence-corrected chi connectivity index (χ0v) is 15.4. The van der Waals surface area contributed by atoms with Gasteiger partial charge >= 0.3 is 12.4 Å². The molecule has 4 unspecified atom stereocenters. The molecule has 5 nitrogen and oxygen atoms in total. The van der Waals surface area contributed by atoms with Gasteiger partial charge in [0.15, 0.2) is 9.84 Å². The lowest BCUT2D eigenvalue weighted by Crippen LogP contribution is -2.62. The van der Waals surface area contributed by atoms with Gasteiger partial charge in [0, 0.05) is 6.26 Å². The van der Waals surface area contributed by atoms with E-state index >= 15 is 0 Å². The first-order chi connectivity index (χ1) is 11.4. The highest BCUT2D eigenvalue weighted by Crippen LogP contribution is 2.58. The Morgan fingerprint density at radius 2 is 1.35 bits per heavy atom. The van der Waals surface area contributed by atoms with Crippen molar-refractivity contribution in [3.63, 3.8) is 0 Å². The Labute approximate surface area is 147 Å². The maximum Gasteiger partial charge on any atom is 0.417 e. The second-order valence-corrected chi connectivity index (χ2v) is 11.0. The Morgan fingerprint density at radius 1 is 0.846 bits per heavy atom. The summed E-state index contributed by atoms with van der Waals surface area (Å²) in [5, 5.41) is 0. The molecule has 0 saturated heterocycles. The van der Waals surface area contributed by atoms with Gasteiger partial charge in [0.25, 0.3) is 14.9 Å². The summed E-state index contributed by atoms with van der Waals surface area (Å²) in [6.45, 7) is 0. The molecule has 0 amide bonds. The van der Waals surface area contributed by atoms with Crippen LogP contribution in [0.1, 0.15) is 25.7 Å². The molecule has 4 atom stereocenters. The number of fused-ring (bicyclic) bond motifs is 2. The summed E-state index contributed by atoms with van der Waals surface area (Å²) in [6, 6.07) is 0. The molecular weight excluding hydrogens is 414 g/mol. The van der Waals surface area contributed by atoms with Crippen LogP contribution in [0.3, 0.4) is 0 Å². The quantitative estimate of drug-likeness (QED) is 0.493. The lowest BCUT2D eigenvalue weighted by atomic mass is 9.80. The van der Waals surface area contributed by atoms with Crippen molar-refractivity contribution in [2.45, 2.75) is 48.9 Å². The van der Waals surface area contributed by atoms with Crippen LogP contribution in [0.2, 0.25) is 0 Å². The number of halogens is 6. The fourth-order valence-electron chi connectivity index (χ4n) is 4.27. The van der Waals surface area contributed by atoms with Crippen molar-refractivity contribution in [1.82, 2.24) is 0 Å². The molecule has 0 aromatic carbocycles. The van der Waals surface area contributed by atoms with E-state index in [0.29, 0.717) is 0 Å². The Hall–Kier alpha value is -0.560. The van der Waals surface area contributed by atoms with Crippen LogP contribution in [0.25, 0.3) is 0 Å². The van der Waals surface area contributed by atoms with E-state index in [9.17, 15) is 43.2 Å². The lowest BCUT2D eigenvalue weighted by molar-refractivity contribution is -0.272. The second-order valence-electron chi connectivity index (χ2n) is 7.12. The van der Waals surface area contributed by atoms with Crippen molar-refractivity contribution in [2.24, 2.45) is 17.8 Å². The van der Waals surface area contributed by atoms with Gasteiger partial charge in [-0.2, -0.15) is 34.8 Å². The highest BCUT2D eigenvalue weighted by Gasteiger charge is 2.77. The van der Waals surface area contributed by atoms with Crippen molar-refractivity contribution in [2.75, 3.05) is 12.5 Å². The molecule has 2 bridgehead atoms. The third-order valence-corrected chi connectivity index (χ3v) is 7.83. The molecule has 0 heterocycles. The maximum atomic E-state index is 13.4. The smallest absolute Gasteiger partial charge is 0.267 e. The molecule has 0 aliphatic heterocycles. The van der Waals surface area contributed by atoms with Gasteiger partial charge in [0.1, 0.15) is 0 Å². The van der Waals surface area contributed by atoms with Crippen LogP contribution in [-0.4, -0.2) is 52.6 Å². The van der Waals surface area contributed by atoms with Gasteiger partial charge in [-0.25, -0.2) is 8.42 Å². The van der Waals surface area contributed by atoms with E-state index in [1.165, 1.54) is 0 Å². The molecule has 2 aliphatic carbocycles. The predicted octanol–water partition coefficient (Wildman–Crippen LogP) is 2.68. The highest BCUT2D eigenvalue weighted by molar-refractivity contribution is 7.92. The summed E-state index contributed by atoms with van der Waals surface area (Å²) in [5.74, 6) is -2.31. The van der Waals surface area contributed by atoms with Crippen molar-refractivity contribution in [3.8, 4) is 0 Å². The molecule has 26 heavy (non-hydrogen) atoms. The van der Waals surface area contributed by atoms with Crippen LogP contribution in [0.4, 0.5) is 26.3 Å². The number of rotatable bonds is 5. The van der Waals surface area contributed by atoms with Crippen molar-refractivity contribution in [1.29, 1.82) is 0 Å². The molecule has 154 valence electrons. The maximum absolute atomic E-state index is 13.4. The van der Waals surface area contributed by atoms with Crippen LogP contribution in [0.5, 0.6) is 0 Å². The van der Waals surface area contributed by atoms with E-state index in [0.717, 1.165) is 6.26 Å². The van der Waals surface area contributed by atoms with Crippen molar-refractivity contribution < 1.29 is 47.4 Å². The Balaban J connectivity index is 2.31. The molecule has 0 aromatic heterocycles. The molecule has 2 fully saturated rings. The Bertz CT molecular complexity index is 741. The fraction of sp³-hybridized carbons (Fsp3) is 1.00. The van der Waals surface area contributed by atoms with Gasteiger partial charge in [-0.15, -0.1) is 0 Å². The zero-order valence-electron chi connectivity index (χ0n) is 13.8. The van der Waals surface area contributed by atoms with Crippen molar-refractivity contribution >= 4 is 20.0 Å². The molecule has 0 radical (unpaired) electrons. The lowest BCUT2D eigenvalue weighted by Gasteiger charge is -2.39. The highest BCUT2D eigenvalue weighted by atomic mass is 32.2. The van der Waals surface area contributed by atoms with E-state index in [1.807, 2.05) is 0 Å². The van der Waals surface area contributed by atoms with E-state index in [4.69, 9.17) is 4.18 Å². The van der Waals surface area contributed by atoms with Crippen LogP contribution >= 0.6 is 0 Å². The first kappa shape index (κ1) is 21.7. The Morgan fingerprint density at radius 3 is 1.65 bits per heavy atom. The van der Waals surface area contributed by atoms with Crippen LogP contribution in [0, 0.1) is 17.8 Å². The van der Waals surface area contributed by atoms with Crippen LogP contribution < -0.4 is 0 Å². The largest absolute Gasteiger partial charge is 0.417 e. The molecule has 0 N–H and O–H groups in total. The van der Waals surface area contributed by atoms with E-state index in [1.54, 1.807) is 0 Å². The number of hydrogen-bond donors (Lipinski definition) is 0. The minimum Gasteiger partial charge on any atom is -0.267 e. The summed E-state index contributed by atoms with van der Waals surface area (Å²) in [4.78, 5) is 0. The number of alkyl halides is 6. The van der Waals surface area contributed by atoms with E-state index in [-0.39, 0.29) is 25.5 Å². The second kappa shape index (κ2) is 6.23. The fourth-order valence-corrected chi connectivity index (χ4v) is 6.31. The van der Waals surface area contributed by atoms with Gasteiger partial charge in [-0.05, 0) is 43.4 Å². The first-order valence-electron chi connectivity index (χ1n) is 7.60. The number of hydrogen-bond acceptors (Lipinski definition) is 5. The molecular formula is C13H18F6O5S2.